The van der Waals surface area contributed by atoms with Crippen molar-refractivity contribution in [2.45, 2.75) is 31.6 Å². The summed E-state index contributed by atoms with van der Waals surface area (Å²) in [7, 11) is -3.56. The second kappa shape index (κ2) is 4.30. The smallest absolute Gasteiger partial charge is 0.250 e. The minimum Gasteiger partial charge on any atom is -0.380 e. The van der Waals surface area contributed by atoms with Crippen molar-refractivity contribution in [3.63, 3.8) is 0 Å². The maximum atomic E-state index is 12.4. The van der Waals surface area contributed by atoms with Crippen molar-refractivity contribution in [3.8, 4) is 0 Å². The van der Waals surface area contributed by atoms with E-state index in [0.29, 0.717) is 19.0 Å². The molecule has 0 saturated carbocycles. The fourth-order valence-electron chi connectivity index (χ4n) is 2.19. The summed E-state index contributed by atoms with van der Waals surface area (Å²) < 4.78 is 31.1. The van der Waals surface area contributed by atoms with Gasteiger partial charge in [-0.3, -0.25) is 0 Å². The molecule has 1 fully saturated rings. The Balaban J connectivity index is 2.36. The highest BCUT2D eigenvalue weighted by Crippen LogP contribution is 2.28. The van der Waals surface area contributed by atoms with Gasteiger partial charge in [-0.25, -0.2) is 8.42 Å². The molecule has 1 aromatic rings. The summed E-state index contributed by atoms with van der Waals surface area (Å²) >= 11 is 0. The molecule has 1 aliphatic rings. The van der Waals surface area contributed by atoms with E-state index in [1.54, 1.807) is 6.92 Å². The van der Waals surface area contributed by atoms with Crippen molar-refractivity contribution < 1.29 is 12.9 Å². The van der Waals surface area contributed by atoms with Crippen LogP contribution in [0.5, 0.6) is 0 Å². The first-order chi connectivity index (χ1) is 7.93. The average Bonchev–Trinajstić information content (AvgIpc) is 2.59. The van der Waals surface area contributed by atoms with Crippen molar-refractivity contribution in [2.24, 2.45) is 5.92 Å². The number of nitrogen functional groups attached to an aromatic ring is 1. The Morgan fingerprint density at radius 3 is 2.76 bits per heavy atom. The van der Waals surface area contributed by atoms with E-state index in [1.807, 2.05) is 6.92 Å². The molecule has 96 valence electrons. The lowest BCUT2D eigenvalue weighted by Gasteiger charge is -2.29. The van der Waals surface area contributed by atoms with Crippen LogP contribution in [0, 0.1) is 12.8 Å². The fourth-order valence-corrected chi connectivity index (χ4v) is 3.97. The van der Waals surface area contributed by atoms with Crippen LogP contribution in [0.4, 0.5) is 5.82 Å². The van der Waals surface area contributed by atoms with Crippen molar-refractivity contribution in [1.82, 2.24) is 9.46 Å². The lowest BCUT2D eigenvalue weighted by molar-refractivity contribution is 0.281. The highest BCUT2D eigenvalue weighted by molar-refractivity contribution is 7.89. The molecule has 7 heteroatoms. The number of nitrogens with two attached hydrogens (primary N) is 1. The molecule has 1 aliphatic heterocycles. The number of rotatable bonds is 2. The first-order valence-electron chi connectivity index (χ1n) is 5.65. The molecule has 6 nitrogen and oxygen atoms in total. The third-order valence-corrected chi connectivity index (χ3v) is 5.07. The van der Waals surface area contributed by atoms with Crippen molar-refractivity contribution >= 4 is 15.8 Å². The Kier molecular flexibility index (Phi) is 3.13. The molecule has 0 amide bonds. The third-order valence-electron chi connectivity index (χ3n) is 3.05. The molecular weight excluding hydrogens is 242 g/mol. The maximum Gasteiger partial charge on any atom is 0.250 e. The largest absolute Gasteiger partial charge is 0.380 e. The monoisotopic (exact) mass is 259 g/mol. The standard InChI is InChI=1S/C10H17N3O3S/c1-7-4-3-5-13(6-7)17(14,15)9-8(2)16-12-10(9)11/h7H,3-6H2,1-2H3,(H2,11,12)/t7-/m0/s1. The molecule has 0 aromatic carbocycles. The van der Waals surface area contributed by atoms with Gasteiger partial charge in [0.05, 0.1) is 0 Å². The van der Waals surface area contributed by atoms with Crippen LogP contribution in [0.2, 0.25) is 0 Å². The Bertz CT molecular complexity index is 489. The molecule has 2 N–H and O–H groups in total. The lowest BCUT2D eigenvalue weighted by atomic mass is 10.0. The van der Waals surface area contributed by atoms with Gasteiger partial charge < -0.3 is 10.3 Å². The van der Waals surface area contributed by atoms with Gasteiger partial charge in [0, 0.05) is 13.1 Å². The predicted molar refractivity (Wildman–Crippen MR) is 62.8 cm³/mol. The van der Waals surface area contributed by atoms with E-state index < -0.39 is 10.0 Å². The van der Waals surface area contributed by atoms with Gasteiger partial charge in [0.25, 0.3) is 0 Å². The van der Waals surface area contributed by atoms with Gasteiger partial charge >= 0.3 is 0 Å². The van der Waals surface area contributed by atoms with Crippen LogP contribution in [0.1, 0.15) is 25.5 Å². The Morgan fingerprint density at radius 2 is 2.24 bits per heavy atom. The van der Waals surface area contributed by atoms with Crippen LogP contribution in [0.25, 0.3) is 0 Å². The second-order valence-electron chi connectivity index (χ2n) is 4.56. The zero-order valence-electron chi connectivity index (χ0n) is 10.0. The summed E-state index contributed by atoms with van der Waals surface area (Å²) in [6.07, 6.45) is 1.94. The summed E-state index contributed by atoms with van der Waals surface area (Å²) in [6.45, 7) is 4.68. The quantitative estimate of drug-likeness (QED) is 0.855. The molecular formula is C10H17N3O3S. The summed E-state index contributed by atoms with van der Waals surface area (Å²) in [4.78, 5) is 0.0200. The van der Waals surface area contributed by atoms with E-state index in [1.165, 1.54) is 4.31 Å². The number of anilines is 1. The number of piperidine rings is 1. The number of hydrogen-bond donors (Lipinski definition) is 1. The van der Waals surface area contributed by atoms with Crippen molar-refractivity contribution in [1.29, 1.82) is 0 Å². The third kappa shape index (κ3) is 2.16. The minimum atomic E-state index is -3.56. The van der Waals surface area contributed by atoms with E-state index in [-0.39, 0.29) is 16.5 Å². The zero-order chi connectivity index (χ0) is 12.6. The first-order valence-corrected chi connectivity index (χ1v) is 7.09. The summed E-state index contributed by atoms with van der Waals surface area (Å²) in [5.41, 5.74) is 5.56. The molecule has 1 atom stereocenters. The fraction of sp³-hybridized carbons (Fsp3) is 0.700. The SMILES string of the molecule is Cc1onc(N)c1S(=O)(=O)N1CCC[C@H](C)C1. The second-order valence-corrected chi connectivity index (χ2v) is 6.44. The summed E-state index contributed by atoms with van der Waals surface area (Å²) in [5.74, 6) is 0.571. The van der Waals surface area contributed by atoms with Crippen LogP contribution in [0.15, 0.2) is 9.42 Å². The van der Waals surface area contributed by atoms with E-state index in [2.05, 4.69) is 5.16 Å². The van der Waals surface area contributed by atoms with Gasteiger partial charge in [-0.1, -0.05) is 12.1 Å². The van der Waals surface area contributed by atoms with Gasteiger partial charge in [-0.05, 0) is 25.7 Å². The molecule has 2 heterocycles. The zero-order valence-corrected chi connectivity index (χ0v) is 10.8. The van der Waals surface area contributed by atoms with E-state index >= 15 is 0 Å². The normalized spacial score (nSPS) is 22.8. The molecule has 1 aromatic heterocycles. The van der Waals surface area contributed by atoms with Crippen LogP contribution in [-0.4, -0.2) is 31.0 Å². The Labute approximate surface area is 101 Å². The highest BCUT2D eigenvalue weighted by atomic mass is 32.2. The van der Waals surface area contributed by atoms with Gasteiger partial charge in [-0.2, -0.15) is 4.31 Å². The van der Waals surface area contributed by atoms with Crippen LogP contribution in [-0.2, 0) is 10.0 Å². The summed E-state index contributed by atoms with van der Waals surface area (Å²) in [5, 5.41) is 3.49. The van der Waals surface area contributed by atoms with Crippen molar-refractivity contribution in [3.05, 3.63) is 5.76 Å². The molecule has 0 spiro atoms. The topological polar surface area (TPSA) is 89.4 Å². The number of aryl methyl sites for hydroxylation is 1. The number of hydrogen-bond acceptors (Lipinski definition) is 5. The van der Waals surface area contributed by atoms with Gasteiger partial charge in [0.2, 0.25) is 10.0 Å². The maximum absolute atomic E-state index is 12.4. The van der Waals surface area contributed by atoms with Crippen molar-refractivity contribution in [2.75, 3.05) is 18.8 Å². The minimum absolute atomic E-state index is 0.0200. The first kappa shape index (κ1) is 12.4. The predicted octanol–water partition coefficient (Wildman–Crippen LogP) is 0.986. The van der Waals surface area contributed by atoms with Crippen LogP contribution < -0.4 is 5.73 Å². The molecule has 17 heavy (non-hydrogen) atoms. The van der Waals surface area contributed by atoms with E-state index in [4.69, 9.17) is 10.3 Å². The van der Waals surface area contributed by atoms with E-state index in [9.17, 15) is 8.42 Å². The molecule has 0 unspecified atom stereocenters. The van der Waals surface area contributed by atoms with Crippen LogP contribution >= 0.6 is 0 Å². The van der Waals surface area contributed by atoms with Gasteiger partial charge in [0.1, 0.15) is 0 Å². The molecule has 2 rings (SSSR count). The molecule has 0 aliphatic carbocycles. The summed E-state index contributed by atoms with van der Waals surface area (Å²) in [6, 6.07) is 0. The Morgan fingerprint density at radius 1 is 1.53 bits per heavy atom. The molecule has 1 saturated heterocycles. The number of aromatic nitrogens is 1. The highest BCUT2D eigenvalue weighted by Gasteiger charge is 2.33. The van der Waals surface area contributed by atoms with E-state index in [0.717, 1.165) is 12.8 Å². The molecule has 0 radical (unpaired) electrons. The number of nitrogens with zero attached hydrogens (tertiary/aromatic N) is 2. The molecule has 0 bridgehead atoms. The Hall–Kier alpha value is -1.08. The lowest BCUT2D eigenvalue weighted by Crippen LogP contribution is -2.39. The van der Waals surface area contributed by atoms with Gasteiger partial charge in [0.15, 0.2) is 16.5 Å². The average molecular weight is 259 g/mol. The van der Waals surface area contributed by atoms with Crippen LogP contribution in [0.3, 0.4) is 0 Å². The number of sulfonamides is 1. The van der Waals surface area contributed by atoms with Gasteiger partial charge in [-0.15, -0.1) is 0 Å².